The van der Waals surface area contributed by atoms with Crippen molar-refractivity contribution in [2.45, 2.75) is 26.8 Å². The number of ether oxygens (including phenoxy) is 1. The maximum absolute atomic E-state index is 6.07. The van der Waals surface area contributed by atoms with Crippen molar-refractivity contribution in [3.8, 4) is 5.75 Å². The Bertz CT molecular complexity index is 551. The molecule has 0 fully saturated rings. The summed E-state index contributed by atoms with van der Waals surface area (Å²) in [6, 6.07) is 14.1. The maximum Gasteiger partial charge on any atom is 0.124 e. The molecule has 0 aliphatic heterocycles. The quantitative estimate of drug-likeness (QED) is 0.803. The molecule has 2 nitrogen and oxygen atoms in total. The molecule has 20 heavy (non-hydrogen) atoms. The molecule has 0 spiro atoms. The summed E-state index contributed by atoms with van der Waals surface area (Å²) in [6.07, 6.45) is 0.994. The second-order valence-electron chi connectivity index (χ2n) is 4.82. The third-order valence-corrected chi connectivity index (χ3v) is 3.25. The molecule has 0 bridgehead atoms. The van der Waals surface area contributed by atoms with E-state index in [1.54, 1.807) is 0 Å². The minimum absolute atomic E-state index is 0.697. The van der Waals surface area contributed by atoms with Crippen LogP contribution in [0.15, 0.2) is 42.5 Å². The molecule has 0 saturated carbocycles. The number of hydrogen-bond acceptors (Lipinski definition) is 2. The lowest BCUT2D eigenvalue weighted by molar-refractivity contribution is 0.314. The normalized spacial score (nSPS) is 10.3. The molecule has 0 saturated heterocycles. The molecule has 1 N–H and O–H groups in total. The van der Waals surface area contributed by atoms with Crippen LogP contribution in [-0.4, -0.2) is 6.61 Å². The van der Waals surface area contributed by atoms with Gasteiger partial charge in [-0.05, 0) is 43.7 Å². The fraction of sp³-hybridized carbons (Fsp3) is 0.294. The highest BCUT2D eigenvalue weighted by molar-refractivity contribution is 6.30. The Labute approximate surface area is 125 Å². The van der Waals surface area contributed by atoms with E-state index in [-0.39, 0.29) is 0 Å². The molecule has 2 rings (SSSR count). The molecule has 0 atom stereocenters. The van der Waals surface area contributed by atoms with E-state index in [1.165, 1.54) is 5.56 Å². The van der Waals surface area contributed by atoms with Gasteiger partial charge in [-0.2, -0.15) is 0 Å². The van der Waals surface area contributed by atoms with Gasteiger partial charge in [0.2, 0.25) is 0 Å². The lowest BCUT2D eigenvalue weighted by Gasteiger charge is -2.13. The van der Waals surface area contributed by atoms with Crippen molar-refractivity contribution in [1.82, 2.24) is 0 Å². The zero-order valence-electron chi connectivity index (χ0n) is 11.9. The molecule has 0 aliphatic rings. The minimum Gasteiger partial charge on any atom is -0.493 e. The number of nitrogens with one attached hydrogen (secondary N) is 1. The summed E-state index contributed by atoms with van der Waals surface area (Å²) < 4.78 is 5.75. The molecule has 0 unspecified atom stereocenters. The molecule has 0 aromatic heterocycles. The van der Waals surface area contributed by atoms with Crippen LogP contribution in [0.2, 0.25) is 5.02 Å². The Morgan fingerprint density at radius 1 is 1.10 bits per heavy atom. The van der Waals surface area contributed by atoms with E-state index in [0.717, 1.165) is 35.1 Å². The first-order chi connectivity index (χ1) is 9.69. The van der Waals surface area contributed by atoms with Crippen LogP contribution in [0.5, 0.6) is 5.75 Å². The molecular weight excluding hydrogens is 270 g/mol. The number of hydrogen-bond donors (Lipinski definition) is 1. The molecule has 106 valence electrons. The highest BCUT2D eigenvalue weighted by atomic mass is 35.5. The van der Waals surface area contributed by atoms with Crippen molar-refractivity contribution in [3.05, 3.63) is 58.6 Å². The lowest BCUT2D eigenvalue weighted by Crippen LogP contribution is -2.04. The summed E-state index contributed by atoms with van der Waals surface area (Å²) in [5.41, 5.74) is 3.42. The van der Waals surface area contributed by atoms with Gasteiger partial charge in [0, 0.05) is 22.8 Å². The first-order valence-corrected chi connectivity index (χ1v) is 7.28. The summed E-state index contributed by atoms with van der Waals surface area (Å²) in [5, 5.41) is 4.12. The molecule has 2 aromatic rings. The van der Waals surface area contributed by atoms with Crippen LogP contribution in [0, 0.1) is 6.92 Å². The first-order valence-electron chi connectivity index (χ1n) is 6.91. The third-order valence-electron chi connectivity index (χ3n) is 3.02. The molecule has 0 amide bonds. The lowest BCUT2D eigenvalue weighted by atomic mass is 10.2. The van der Waals surface area contributed by atoms with Crippen molar-refractivity contribution >= 4 is 17.3 Å². The summed E-state index contributed by atoms with van der Waals surface area (Å²) in [7, 11) is 0. The summed E-state index contributed by atoms with van der Waals surface area (Å²) >= 11 is 6.07. The van der Waals surface area contributed by atoms with E-state index in [4.69, 9.17) is 16.3 Å². The van der Waals surface area contributed by atoms with E-state index < -0.39 is 0 Å². The van der Waals surface area contributed by atoms with Crippen LogP contribution >= 0.6 is 11.6 Å². The molecule has 2 aromatic carbocycles. The van der Waals surface area contributed by atoms with Crippen LogP contribution in [-0.2, 0) is 6.54 Å². The predicted octanol–water partition coefficient (Wildman–Crippen LogP) is 5.05. The SMILES string of the molecule is CCCOc1ccc(Cl)cc1CNc1ccc(C)cc1. The maximum atomic E-state index is 6.07. The second-order valence-corrected chi connectivity index (χ2v) is 5.26. The van der Waals surface area contributed by atoms with E-state index in [2.05, 4.69) is 43.4 Å². The Balaban J connectivity index is 2.07. The van der Waals surface area contributed by atoms with E-state index >= 15 is 0 Å². The van der Waals surface area contributed by atoms with Gasteiger partial charge in [0.05, 0.1) is 6.61 Å². The topological polar surface area (TPSA) is 21.3 Å². The Kier molecular flexibility index (Phi) is 5.31. The van der Waals surface area contributed by atoms with Gasteiger partial charge in [0.15, 0.2) is 0 Å². The van der Waals surface area contributed by atoms with E-state index in [9.17, 15) is 0 Å². The minimum atomic E-state index is 0.697. The van der Waals surface area contributed by atoms with Crippen molar-refractivity contribution in [2.24, 2.45) is 0 Å². The highest BCUT2D eigenvalue weighted by Crippen LogP contribution is 2.24. The van der Waals surface area contributed by atoms with Gasteiger partial charge in [0.25, 0.3) is 0 Å². The van der Waals surface area contributed by atoms with Crippen LogP contribution in [0.1, 0.15) is 24.5 Å². The van der Waals surface area contributed by atoms with Crippen LogP contribution in [0.25, 0.3) is 0 Å². The van der Waals surface area contributed by atoms with Crippen LogP contribution in [0.4, 0.5) is 5.69 Å². The fourth-order valence-corrected chi connectivity index (χ4v) is 2.10. The third kappa shape index (κ3) is 4.17. The van der Waals surface area contributed by atoms with Gasteiger partial charge in [-0.1, -0.05) is 36.2 Å². The standard InChI is InChI=1S/C17H20ClNO/c1-3-10-20-17-9-6-15(18)11-14(17)12-19-16-7-4-13(2)5-8-16/h4-9,11,19H,3,10,12H2,1-2H3. The number of benzene rings is 2. The van der Waals surface area contributed by atoms with Gasteiger partial charge in [-0.3, -0.25) is 0 Å². The van der Waals surface area contributed by atoms with Gasteiger partial charge in [-0.15, -0.1) is 0 Å². The smallest absolute Gasteiger partial charge is 0.124 e. The molecular formula is C17H20ClNO. The fourth-order valence-electron chi connectivity index (χ4n) is 1.91. The average molecular weight is 290 g/mol. The summed E-state index contributed by atoms with van der Waals surface area (Å²) in [5.74, 6) is 0.899. The Morgan fingerprint density at radius 3 is 2.55 bits per heavy atom. The van der Waals surface area contributed by atoms with Crippen molar-refractivity contribution in [1.29, 1.82) is 0 Å². The molecule has 0 aliphatic carbocycles. The van der Waals surface area contributed by atoms with E-state index in [1.807, 2.05) is 18.2 Å². The number of anilines is 1. The van der Waals surface area contributed by atoms with Gasteiger partial charge >= 0.3 is 0 Å². The van der Waals surface area contributed by atoms with Crippen LogP contribution in [0.3, 0.4) is 0 Å². The largest absolute Gasteiger partial charge is 0.493 e. The monoisotopic (exact) mass is 289 g/mol. The van der Waals surface area contributed by atoms with Crippen molar-refractivity contribution in [2.75, 3.05) is 11.9 Å². The number of halogens is 1. The van der Waals surface area contributed by atoms with Crippen molar-refractivity contribution < 1.29 is 4.74 Å². The van der Waals surface area contributed by atoms with Gasteiger partial charge in [-0.25, -0.2) is 0 Å². The zero-order chi connectivity index (χ0) is 14.4. The second kappa shape index (κ2) is 7.20. The average Bonchev–Trinajstić information content (AvgIpc) is 2.46. The summed E-state index contributed by atoms with van der Waals surface area (Å²) in [4.78, 5) is 0. The Morgan fingerprint density at radius 2 is 1.85 bits per heavy atom. The number of rotatable bonds is 6. The summed E-state index contributed by atoms with van der Waals surface area (Å²) in [6.45, 7) is 5.60. The van der Waals surface area contributed by atoms with Crippen molar-refractivity contribution in [3.63, 3.8) is 0 Å². The number of aryl methyl sites for hydroxylation is 1. The van der Waals surface area contributed by atoms with Crippen LogP contribution < -0.4 is 10.1 Å². The molecule has 0 radical (unpaired) electrons. The van der Waals surface area contributed by atoms with Gasteiger partial charge < -0.3 is 10.1 Å². The van der Waals surface area contributed by atoms with Gasteiger partial charge in [0.1, 0.15) is 5.75 Å². The first kappa shape index (κ1) is 14.7. The zero-order valence-corrected chi connectivity index (χ0v) is 12.7. The van der Waals surface area contributed by atoms with E-state index in [0.29, 0.717) is 6.54 Å². The molecule has 3 heteroatoms. The predicted molar refractivity (Wildman–Crippen MR) is 85.7 cm³/mol. The highest BCUT2D eigenvalue weighted by Gasteiger charge is 2.05. The Hall–Kier alpha value is -1.67. The molecule has 0 heterocycles.